The number of nitrogens with zero attached hydrogens (tertiary/aromatic N) is 1. The van der Waals surface area contributed by atoms with Crippen molar-refractivity contribution in [2.45, 2.75) is 16.7 Å². The van der Waals surface area contributed by atoms with E-state index in [1.165, 1.54) is 24.3 Å². The van der Waals surface area contributed by atoms with Gasteiger partial charge in [-0.1, -0.05) is 23.9 Å². The van der Waals surface area contributed by atoms with Crippen molar-refractivity contribution in [2.75, 3.05) is 6.54 Å². The Balaban J connectivity index is 2.43. The smallest absolute Gasteiger partial charge is 0.270 e. The topological polar surface area (TPSA) is 72.2 Å². The van der Waals surface area contributed by atoms with E-state index in [1.54, 1.807) is 25.1 Å². The highest BCUT2D eigenvalue weighted by molar-refractivity contribution is 7.99. The number of carbonyl (C=O) groups excluding carboxylic acids is 1. The molecule has 7 heteroatoms. The Morgan fingerprint density at radius 1 is 1.27 bits per heavy atom. The van der Waals surface area contributed by atoms with E-state index in [1.807, 2.05) is 0 Å². The van der Waals surface area contributed by atoms with Crippen molar-refractivity contribution in [3.05, 3.63) is 64.0 Å². The predicted octanol–water partition coefficient (Wildman–Crippen LogP) is 3.63. The largest absolute Gasteiger partial charge is 0.352 e. The summed E-state index contributed by atoms with van der Waals surface area (Å²) >= 11 is 1.06. The zero-order valence-corrected chi connectivity index (χ0v) is 12.5. The molecule has 0 saturated heterocycles. The summed E-state index contributed by atoms with van der Waals surface area (Å²) in [6.45, 7) is 2.14. The summed E-state index contributed by atoms with van der Waals surface area (Å²) in [6, 6.07) is 10.1. The summed E-state index contributed by atoms with van der Waals surface area (Å²) in [5.74, 6) is -0.835. The molecule has 1 amide bonds. The second kappa shape index (κ2) is 7.04. The highest BCUT2D eigenvalue weighted by Crippen LogP contribution is 2.33. The van der Waals surface area contributed by atoms with Gasteiger partial charge in [0, 0.05) is 28.5 Å². The number of halogens is 1. The van der Waals surface area contributed by atoms with Gasteiger partial charge in [-0.25, -0.2) is 4.39 Å². The fraction of sp³-hybridized carbons (Fsp3) is 0.133. The molecule has 0 atom stereocenters. The Morgan fingerprint density at radius 2 is 2.00 bits per heavy atom. The number of hydrogen-bond donors (Lipinski definition) is 1. The van der Waals surface area contributed by atoms with E-state index in [4.69, 9.17) is 0 Å². The summed E-state index contributed by atoms with van der Waals surface area (Å²) in [4.78, 5) is 23.2. The third-order valence-electron chi connectivity index (χ3n) is 2.81. The molecule has 0 aliphatic carbocycles. The third kappa shape index (κ3) is 3.62. The first-order valence-electron chi connectivity index (χ1n) is 6.52. The minimum Gasteiger partial charge on any atom is -0.352 e. The normalized spacial score (nSPS) is 10.3. The summed E-state index contributed by atoms with van der Waals surface area (Å²) < 4.78 is 13.7. The van der Waals surface area contributed by atoms with Crippen LogP contribution < -0.4 is 5.32 Å². The number of nitro benzene ring substituents is 1. The molecule has 2 aromatic rings. The molecule has 2 aromatic carbocycles. The van der Waals surface area contributed by atoms with Gasteiger partial charge >= 0.3 is 0 Å². The maximum absolute atomic E-state index is 13.7. The lowest BCUT2D eigenvalue weighted by Crippen LogP contribution is -2.23. The van der Waals surface area contributed by atoms with Crippen molar-refractivity contribution in [1.82, 2.24) is 5.32 Å². The van der Waals surface area contributed by atoms with Gasteiger partial charge in [0.15, 0.2) is 0 Å². The van der Waals surface area contributed by atoms with Crippen molar-refractivity contribution in [2.24, 2.45) is 0 Å². The Labute approximate surface area is 130 Å². The molecule has 0 unspecified atom stereocenters. The molecular weight excluding hydrogens is 307 g/mol. The van der Waals surface area contributed by atoms with Crippen LogP contribution in [0, 0.1) is 15.9 Å². The number of carbonyl (C=O) groups is 1. The standard InChI is InChI=1S/C15H13FN2O3S/c1-2-17-15(19)11-9-10(18(20)21)7-8-13(11)22-14-6-4-3-5-12(14)16/h3-9H,2H2,1H3,(H,17,19). The van der Waals surface area contributed by atoms with Crippen LogP contribution in [0.3, 0.4) is 0 Å². The lowest BCUT2D eigenvalue weighted by Gasteiger charge is -2.09. The van der Waals surface area contributed by atoms with Crippen molar-refractivity contribution in [1.29, 1.82) is 0 Å². The van der Waals surface area contributed by atoms with Crippen molar-refractivity contribution >= 4 is 23.4 Å². The van der Waals surface area contributed by atoms with Gasteiger partial charge in [0.25, 0.3) is 11.6 Å². The third-order valence-corrected chi connectivity index (χ3v) is 3.94. The Morgan fingerprint density at radius 3 is 2.64 bits per heavy atom. The van der Waals surface area contributed by atoms with Crippen molar-refractivity contribution in [3.63, 3.8) is 0 Å². The fourth-order valence-electron chi connectivity index (χ4n) is 1.80. The van der Waals surface area contributed by atoms with Gasteiger partial charge in [0.1, 0.15) is 5.82 Å². The first-order chi connectivity index (χ1) is 10.5. The number of nitro groups is 1. The van der Waals surface area contributed by atoms with Crippen molar-refractivity contribution < 1.29 is 14.1 Å². The van der Waals surface area contributed by atoms with Crippen LogP contribution >= 0.6 is 11.8 Å². The molecule has 22 heavy (non-hydrogen) atoms. The van der Waals surface area contributed by atoms with E-state index in [2.05, 4.69) is 5.32 Å². The van der Waals surface area contributed by atoms with E-state index >= 15 is 0 Å². The number of benzene rings is 2. The molecule has 0 heterocycles. The average Bonchev–Trinajstić information content (AvgIpc) is 2.50. The summed E-state index contributed by atoms with van der Waals surface area (Å²) in [5, 5.41) is 13.5. The van der Waals surface area contributed by atoms with Crippen LogP contribution in [0.1, 0.15) is 17.3 Å². The van der Waals surface area contributed by atoms with E-state index in [0.717, 1.165) is 11.8 Å². The zero-order valence-electron chi connectivity index (χ0n) is 11.7. The van der Waals surface area contributed by atoms with Gasteiger partial charge in [-0.2, -0.15) is 0 Å². The van der Waals surface area contributed by atoms with E-state index in [9.17, 15) is 19.3 Å². The Hall–Kier alpha value is -2.41. The van der Waals surface area contributed by atoms with Crippen LogP contribution in [0.15, 0.2) is 52.3 Å². The molecule has 2 rings (SSSR count). The predicted molar refractivity (Wildman–Crippen MR) is 81.6 cm³/mol. The molecule has 5 nitrogen and oxygen atoms in total. The van der Waals surface area contributed by atoms with Gasteiger partial charge in [-0.05, 0) is 25.1 Å². The quantitative estimate of drug-likeness (QED) is 0.674. The zero-order chi connectivity index (χ0) is 16.1. The number of rotatable bonds is 5. The molecule has 0 aliphatic rings. The minimum atomic E-state index is -0.569. The average molecular weight is 320 g/mol. The van der Waals surface area contributed by atoms with E-state index in [0.29, 0.717) is 16.3 Å². The molecule has 0 bridgehead atoms. The Kier molecular flexibility index (Phi) is 5.11. The highest BCUT2D eigenvalue weighted by Gasteiger charge is 2.18. The number of amides is 1. The SMILES string of the molecule is CCNC(=O)c1cc([N+](=O)[O-])ccc1Sc1ccccc1F. The van der Waals surface area contributed by atoms with Gasteiger partial charge in [0.2, 0.25) is 0 Å². The second-order valence-electron chi connectivity index (χ2n) is 4.33. The molecule has 0 radical (unpaired) electrons. The van der Waals surface area contributed by atoms with Crippen LogP contribution in [0.2, 0.25) is 0 Å². The van der Waals surface area contributed by atoms with Crippen molar-refractivity contribution in [3.8, 4) is 0 Å². The second-order valence-corrected chi connectivity index (χ2v) is 5.41. The highest BCUT2D eigenvalue weighted by atomic mass is 32.2. The van der Waals surface area contributed by atoms with Gasteiger partial charge < -0.3 is 5.32 Å². The van der Waals surface area contributed by atoms with Gasteiger partial charge in [-0.3, -0.25) is 14.9 Å². The molecule has 0 fully saturated rings. The lowest BCUT2D eigenvalue weighted by molar-refractivity contribution is -0.384. The molecule has 1 N–H and O–H groups in total. The number of non-ortho nitro benzene ring substituents is 1. The van der Waals surface area contributed by atoms with E-state index < -0.39 is 16.6 Å². The molecule has 0 aliphatic heterocycles. The number of hydrogen-bond acceptors (Lipinski definition) is 4. The van der Waals surface area contributed by atoms with Gasteiger partial charge in [-0.15, -0.1) is 0 Å². The van der Waals surface area contributed by atoms with Crippen LogP contribution in [0.4, 0.5) is 10.1 Å². The molecule has 114 valence electrons. The number of nitrogens with one attached hydrogen (secondary N) is 1. The fourth-order valence-corrected chi connectivity index (χ4v) is 2.75. The first-order valence-corrected chi connectivity index (χ1v) is 7.33. The summed E-state index contributed by atoms with van der Waals surface area (Å²) in [6.07, 6.45) is 0. The lowest BCUT2D eigenvalue weighted by atomic mass is 10.2. The van der Waals surface area contributed by atoms with Crippen LogP contribution in [-0.2, 0) is 0 Å². The van der Waals surface area contributed by atoms with Gasteiger partial charge in [0.05, 0.1) is 10.5 Å². The maximum Gasteiger partial charge on any atom is 0.270 e. The van der Waals surface area contributed by atoms with E-state index in [-0.39, 0.29) is 11.3 Å². The molecule has 0 aromatic heterocycles. The summed E-state index contributed by atoms with van der Waals surface area (Å²) in [5.41, 5.74) is -0.0246. The molecule has 0 spiro atoms. The Bertz CT molecular complexity index is 722. The van der Waals surface area contributed by atoms with Crippen LogP contribution in [0.5, 0.6) is 0 Å². The monoisotopic (exact) mass is 320 g/mol. The first kappa shape index (κ1) is 16.0. The summed E-state index contributed by atoms with van der Waals surface area (Å²) in [7, 11) is 0. The maximum atomic E-state index is 13.7. The van der Waals surface area contributed by atoms with Crippen LogP contribution in [-0.4, -0.2) is 17.4 Å². The van der Waals surface area contributed by atoms with Crippen LogP contribution in [0.25, 0.3) is 0 Å². The molecular formula is C15H13FN2O3S. The molecule has 0 saturated carbocycles. The minimum absolute atomic E-state index is 0.157.